The highest BCUT2D eigenvalue weighted by molar-refractivity contribution is 7.99. The number of thioether (sulfide) groups is 2. The Kier molecular flexibility index (Phi) is 5.68. The standard InChI is InChI=1S/C9H15N3O2S2/c1-3-7-10-11-9(16-6-8(13)14)12(7)4-5-15-2/h3-6H2,1-2H3,(H,13,14). The Hall–Kier alpha value is -0.690. The van der Waals surface area contributed by atoms with Gasteiger partial charge >= 0.3 is 5.97 Å². The summed E-state index contributed by atoms with van der Waals surface area (Å²) < 4.78 is 2.00. The van der Waals surface area contributed by atoms with E-state index in [4.69, 9.17) is 5.11 Å². The van der Waals surface area contributed by atoms with Crippen LogP contribution in [0.4, 0.5) is 0 Å². The Morgan fingerprint density at radius 1 is 1.50 bits per heavy atom. The van der Waals surface area contributed by atoms with E-state index in [1.54, 1.807) is 11.8 Å². The Morgan fingerprint density at radius 2 is 2.25 bits per heavy atom. The van der Waals surface area contributed by atoms with Crippen LogP contribution >= 0.6 is 23.5 Å². The van der Waals surface area contributed by atoms with Crippen molar-refractivity contribution in [1.82, 2.24) is 14.8 Å². The lowest BCUT2D eigenvalue weighted by molar-refractivity contribution is -0.133. The number of hydrogen-bond acceptors (Lipinski definition) is 5. The van der Waals surface area contributed by atoms with E-state index in [-0.39, 0.29) is 5.75 Å². The third-order valence-electron chi connectivity index (χ3n) is 1.95. The molecule has 0 spiro atoms. The number of carbonyl (C=O) groups is 1. The zero-order valence-electron chi connectivity index (χ0n) is 9.34. The highest BCUT2D eigenvalue weighted by atomic mass is 32.2. The number of aryl methyl sites for hydroxylation is 1. The van der Waals surface area contributed by atoms with Gasteiger partial charge in [0.25, 0.3) is 0 Å². The molecule has 1 aromatic rings. The first-order valence-corrected chi connectivity index (χ1v) is 7.32. The maximum absolute atomic E-state index is 10.5. The third-order valence-corrected chi connectivity index (χ3v) is 3.50. The first-order chi connectivity index (χ1) is 7.69. The number of aliphatic carboxylic acids is 1. The lowest BCUT2D eigenvalue weighted by Crippen LogP contribution is -2.08. The van der Waals surface area contributed by atoms with E-state index in [0.717, 1.165) is 24.5 Å². The number of carboxylic acids is 1. The van der Waals surface area contributed by atoms with Gasteiger partial charge in [-0.1, -0.05) is 18.7 Å². The lowest BCUT2D eigenvalue weighted by Gasteiger charge is -2.07. The van der Waals surface area contributed by atoms with Gasteiger partial charge in [0.1, 0.15) is 5.82 Å². The molecule has 0 aliphatic rings. The summed E-state index contributed by atoms with van der Waals surface area (Å²) in [6.45, 7) is 2.85. The number of carboxylic acid groups (broad SMARTS) is 1. The maximum Gasteiger partial charge on any atom is 0.313 e. The summed E-state index contributed by atoms with van der Waals surface area (Å²) in [5.41, 5.74) is 0. The van der Waals surface area contributed by atoms with Crippen molar-refractivity contribution in [3.8, 4) is 0 Å². The van der Waals surface area contributed by atoms with Gasteiger partial charge < -0.3 is 9.67 Å². The third kappa shape index (κ3) is 3.71. The van der Waals surface area contributed by atoms with Crippen LogP contribution in [0.15, 0.2) is 5.16 Å². The molecule has 0 aliphatic heterocycles. The van der Waals surface area contributed by atoms with Crippen LogP contribution in [-0.2, 0) is 17.8 Å². The van der Waals surface area contributed by atoms with Crippen LogP contribution in [0.25, 0.3) is 0 Å². The molecule has 90 valence electrons. The molecule has 0 bridgehead atoms. The van der Waals surface area contributed by atoms with Gasteiger partial charge in [-0.2, -0.15) is 11.8 Å². The fourth-order valence-electron chi connectivity index (χ4n) is 1.22. The first kappa shape index (κ1) is 13.4. The van der Waals surface area contributed by atoms with Gasteiger partial charge in [0.2, 0.25) is 0 Å². The average molecular weight is 261 g/mol. The van der Waals surface area contributed by atoms with E-state index < -0.39 is 5.97 Å². The zero-order valence-corrected chi connectivity index (χ0v) is 11.0. The molecule has 0 aromatic carbocycles. The molecule has 1 N–H and O–H groups in total. The van der Waals surface area contributed by atoms with Crippen molar-refractivity contribution in [3.63, 3.8) is 0 Å². The summed E-state index contributed by atoms with van der Waals surface area (Å²) in [5, 5.41) is 17.4. The largest absolute Gasteiger partial charge is 0.481 e. The normalized spacial score (nSPS) is 10.6. The van der Waals surface area contributed by atoms with E-state index in [2.05, 4.69) is 10.2 Å². The second kappa shape index (κ2) is 6.80. The molecule has 0 radical (unpaired) electrons. The summed E-state index contributed by atoms with van der Waals surface area (Å²) in [5.74, 6) is 1.09. The van der Waals surface area contributed by atoms with Gasteiger partial charge in [0, 0.05) is 18.7 Å². The predicted octanol–water partition coefficient (Wildman–Crippen LogP) is 1.38. The Bertz CT molecular complexity index is 355. The number of hydrogen-bond donors (Lipinski definition) is 1. The van der Waals surface area contributed by atoms with Crippen molar-refractivity contribution >= 4 is 29.5 Å². The zero-order chi connectivity index (χ0) is 12.0. The van der Waals surface area contributed by atoms with Crippen LogP contribution in [0, 0.1) is 0 Å². The minimum atomic E-state index is -0.831. The molecule has 1 aromatic heterocycles. The Morgan fingerprint density at radius 3 is 2.81 bits per heavy atom. The molecule has 0 saturated carbocycles. The molecule has 0 atom stereocenters. The maximum atomic E-state index is 10.5. The second-order valence-electron chi connectivity index (χ2n) is 3.08. The van der Waals surface area contributed by atoms with Crippen LogP contribution in [0.5, 0.6) is 0 Å². The molecule has 0 fully saturated rings. The summed E-state index contributed by atoms with van der Waals surface area (Å²) >= 11 is 2.97. The molecule has 1 heterocycles. The van der Waals surface area contributed by atoms with Crippen molar-refractivity contribution in [2.24, 2.45) is 0 Å². The smallest absolute Gasteiger partial charge is 0.313 e. The van der Waals surface area contributed by atoms with Gasteiger partial charge in [-0.3, -0.25) is 4.79 Å². The van der Waals surface area contributed by atoms with Crippen molar-refractivity contribution < 1.29 is 9.90 Å². The van der Waals surface area contributed by atoms with E-state index >= 15 is 0 Å². The van der Waals surface area contributed by atoms with Crippen LogP contribution in [0.2, 0.25) is 0 Å². The predicted molar refractivity (Wildman–Crippen MR) is 66.1 cm³/mol. The first-order valence-electron chi connectivity index (χ1n) is 4.94. The van der Waals surface area contributed by atoms with Gasteiger partial charge in [-0.25, -0.2) is 0 Å². The lowest BCUT2D eigenvalue weighted by atomic mass is 10.4. The van der Waals surface area contributed by atoms with Crippen molar-refractivity contribution in [2.75, 3.05) is 17.8 Å². The number of aromatic nitrogens is 3. The molecule has 0 saturated heterocycles. The van der Waals surface area contributed by atoms with Crippen LogP contribution in [0.1, 0.15) is 12.7 Å². The van der Waals surface area contributed by atoms with Gasteiger partial charge in [-0.05, 0) is 6.26 Å². The second-order valence-corrected chi connectivity index (χ2v) is 5.01. The van der Waals surface area contributed by atoms with E-state index in [1.807, 2.05) is 17.7 Å². The number of nitrogens with zero attached hydrogens (tertiary/aromatic N) is 3. The van der Waals surface area contributed by atoms with Crippen molar-refractivity contribution in [1.29, 1.82) is 0 Å². The van der Waals surface area contributed by atoms with Gasteiger partial charge in [0.05, 0.1) is 5.75 Å². The molecule has 16 heavy (non-hydrogen) atoms. The highest BCUT2D eigenvalue weighted by Crippen LogP contribution is 2.17. The summed E-state index contributed by atoms with van der Waals surface area (Å²) in [6.07, 6.45) is 2.86. The minimum absolute atomic E-state index is 0.0289. The monoisotopic (exact) mass is 261 g/mol. The summed E-state index contributed by atoms with van der Waals surface area (Å²) in [4.78, 5) is 10.5. The fourth-order valence-corrected chi connectivity index (χ4v) is 2.29. The van der Waals surface area contributed by atoms with E-state index in [9.17, 15) is 4.79 Å². The number of rotatable bonds is 7. The Balaban J connectivity index is 2.73. The molecule has 0 amide bonds. The summed E-state index contributed by atoms with van der Waals surface area (Å²) in [7, 11) is 0. The van der Waals surface area contributed by atoms with Gasteiger partial charge in [-0.15, -0.1) is 10.2 Å². The highest BCUT2D eigenvalue weighted by Gasteiger charge is 2.12. The Labute approximate surface area is 103 Å². The molecule has 0 aliphatic carbocycles. The fraction of sp³-hybridized carbons (Fsp3) is 0.667. The molecule has 7 heteroatoms. The van der Waals surface area contributed by atoms with E-state index in [0.29, 0.717) is 5.16 Å². The quantitative estimate of drug-likeness (QED) is 0.748. The van der Waals surface area contributed by atoms with Crippen molar-refractivity contribution in [2.45, 2.75) is 25.0 Å². The van der Waals surface area contributed by atoms with Crippen LogP contribution < -0.4 is 0 Å². The molecule has 5 nitrogen and oxygen atoms in total. The molecule has 0 unspecified atom stereocenters. The van der Waals surface area contributed by atoms with E-state index in [1.165, 1.54) is 11.8 Å². The van der Waals surface area contributed by atoms with Crippen molar-refractivity contribution in [3.05, 3.63) is 5.82 Å². The molecular weight excluding hydrogens is 246 g/mol. The van der Waals surface area contributed by atoms with Crippen LogP contribution in [-0.4, -0.2) is 43.6 Å². The van der Waals surface area contributed by atoms with Gasteiger partial charge in [0.15, 0.2) is 5.16 Å². The average Bonchev–Trinajstić information content (AvgIpc) is 2.65. The SMILES string of the molecule is CCc1nnc(SCC(=O)O)n1CCSC. The topological polar surface area (TPSA) is 68.0 Å². The minimum Gasteiger partial charge on any atom is -0.481 e. The summed E-state index contributed by atoms with van der Waals surface area (Å²) in [6, 6.07) is 0. The molecular formula is C9H15N3O2S2. The van der Waals surface area contributed by atoms with Crippen LogP contribution in [0.3, 0.4) is 0 Å². The molecule has 1 rings (SSSR count).